The van der Waals surface area contributed by atoms with Gasteiger partial charge in [-0.2, -0.15) is 0 Å². The summed E-state index contributed by atoms with van der Waals surface area (Å²) < 4.78 is 10.9. The Morgan fingerprint density at radius 2 is 1.96 bits per heavy atom. The molecule has 2 heterocycles. The zero-order chi connectivity index (χ0) is 19.4. The number of Topliss-reactive ketones (excluding diaryl/α,β-unsaturated/α-hetero) is 1. The van der Waals surface area contributed by atoms with E-state index in [1.807, 2.05) is 38.1 Å². The summed E-state index contributed by atoms with van der Waals surface area (Å²) in [6.45, 7) is 5.54. The molecular weight excluding hydrogens is 366 g/mol. The molecule has 0 aliphatic heterocycles. The number of hydrogen-bond donors (Lipinski definition) is 1. The van der Waals surface area contributed by atoms with E-state index in [0.29, 0.717) is 23.2 Å². The number of ether oxygens (including phenoxy) is 1. The third-order valence-corrected chi connectivity index (χ3v) is 4.72. The largest absolute Gasteiger partial charge is 0.489 e. The number of rotatable bonds is 7. The second-order valence-electron chi connectivity index (χ2n) is 6.05. The Bertz CT molecular complexity index is 940. The van der Waals surface area contributed by atoms with E-state index in [1.165, 1.54) is 18.3 Å². The lowest BCUT2D eigenvalue weighted by Crippen LogP contribution is -2.14. The van der Waals surface area contributed by atoms with E-state index in [-0.39, 0.29) is 18.1 Å². The Hall–Kier alpha value is -3.00. The summed E-state index contributed by atoms with van der Waals surface area (Å²) in [6.07, 6.45) is 0.207. The maximum Gasteiger partial charge on any atom is 0.230 e. The van der Waals surface area contributed by atoms with Crippen molar-refractivity contribution in [1.82, 2.24) is 10.1 Å². The second-order valence-corrected chi connectivity index (χ2v) is 6.91. The average Bonchev–Trinajstić information content (AvgIpc) is 3.22. The minimum Gasteiger partial charge on any atom is -0.489 e. The van der Waals surface area contributed by atoms with E-state index in [1.54, 1.807) is 5.38 Å². The molecule has 0 saturated heterocycles. The van der Waals surface area contributed by atoms with Crippen LogP contribution in [0.4, 0.5) is 5.13 Å². The van der Waals surface area contributed by atoms with Crippen molar-refractivity contribution in [3.8, 4) is 5.75 Å². The molecule has 0 aliphatic carbocycles. The van der Waals surface area contributed by atoms with Gasteiger partial charge in [0.1, 0.15) is 23.8 Å². The maximum absolute atomic E-state index is 12.1. The van der Waals surface area contributed by atoms with Gasteiger partial charge in [0.2, 0.25) is 5.91 Å². The fraction of sp³-hybridized carbons (Fsp3) is 0.263. The van der Waals surface area contributed by atoms with Crippen LogP contribution in [0.3, 0.4) is 0 Å². The summed E-state index contributed by atoms with van der Waals surface area (Å²) in [5.41, 5.74) is 2.96. The SMILES string of the molecule is CC(=O)c1csc(NC(=O)Cc2ccc(OCc3c(C)noc3C)cc2)n1. The Morgan fingerprint density at radius 3 is 2.56 bits per heavy atom. The quantitative estimate of drug-likeness (QED) is 0.623. The van der Waals surface area contributed by atoms with E-state index in [4.69, 9.17) is 9.26 Å². The number of benzene rings is 1. The van der Waals surface area contributed by atoms with Crippen LogP contribution in [0.1, 0.15) is 40.0 Å². The number of nitrogens with zero attached hydrogens (tertiary/aromatic N) is 2. The van der Waals surface area contributed by atoms with Gasteiger partial charge >= 0.3 is 0 Å². The van der Waals surface area contributed by atoms with Crippen molar-refractivity contribution in [2.24, 2.45) is 0 Å². The fourth-order valence-corrected chi connectivity index (χ4v) is 3.17. The maximum atomic E-state index is 12.1. The molecule has 1 aromatic carbocycles. The minimum atomic E-state index is -0.191. The molecule has 0 aliphatic rings. The smallest absolute Gasteiger partial charge is 0.230 e. The predicted molar refractivity (Wildman–Crippen MR) is 101 cm³/mol. The Balaban J connectivity index is 1.53. The standard InChI is InChI=1S/C19H19N3O4S/c1-11-16(13(3)26-22-11)9-25-15-6-4-14(5-7-15)8-18(24)21-19-20-17(10-27-19)12(2)23/h4-7,10H,8-9H2,1-3H3,(H,20,21,24). The van der Waals surface area contributed by atoms with Gasteiger partial charge in [-0.1, -0.05) is 17.3 Å². The molecule has 8 heteroatoms. The number of hydrogen-bond acceptors (Lipinski definition) is 7. The first-order valence-corrected chi connectivity index (χ1v) is 9.20. The molecule has 1 amide bonds. The van der Waals surface area contributed by atoms with Gasteiger partial charge in [0.25, 0.3) is 0 Å². The van der Waals surface area contributed by atoms with Crippen LogP contribution in [0, 0.1) is 13.8 Å². The highest BCUT2D eigenvalue weighted by Crippen LogP contribution is 2.19. The molecule has 0 spiro atoms. The molecular formula is C19H19N3O4S. The van der Waals surface area contributed by atoms with Gasteiger partial charge in [0.15, 0.2) is 10.9 Å². The zero-order valence-electron chi connectivity index (χ0n) is 15.2. The van der Waals surface area contributed by atoms with Crippen LogP contribution < -0.4 is 10.1 Å². The van der Waals surface area contributed by atoms with Crippen LogP contribution in [0.2, 0.25) is 0 Å². The lowest BCUT2D eigenvalue weighted by molar-refractivity contribution is -0.115. The molecule has 0 unspecified atom stereocenters. The summed E-state index contributed by atoms with van der Waals surface area (Å²) in [5, 5.41) is 8.65. The van der Waals surface area contributed by atoms with Gasteiger partial charge in [-0.25, -0.2) is 4.98 Å². The van der Waals surface area contributed by atoms with Crippen LogP contribution in [0.5, 0.6) is 5.75 Å². The van der Waals surface area contributed by atoms with Crippen molar-refractivity contribution in [3.63, 3.8) is 0 Å². The van der Waals surface area contributed by atoms with Crippen LogP contribution in [0.25, 0.3) is 0 Å². The Kier molecular flexibility index (Phi) is 5.66. The average molecular weight is 385 g/mol. The van der Waals surface area contributed by atoms with Gasteiger partial charge in [-0.15, -0.1) is 11.3 Å². The molecule has 3 aromatic rings. The molecule has 27 heavy (non-hydrogen) atoms. The highest BCUT2D eigenvalue weighted by molar-refractivity contribution is 7.14. The summed E-state index contributed by atoms with van der Waals surface area (Å²) in [6, 6.07) is 7.31. The number of aromatic nitrogens is 2. The molecule has 7 nitrogen and oxygen atoms in total. The van der Waals surface area contributed by atoms with Gasteiger partial charge in [-0.05, 0) is 31.5 Å². The van der Waals surface area contributed by atoms with Gasteiger partial charge in [-0.3, -0.25) is 9.59 Å². The molecule has 0 radical (unpaired) electrons. The van der Waals surface area contributed by atoms with Gasteiger partial charge in [0.05, 0.1) is 17.7 Å². The Morgan fingerprint density at radius 1 is 1.22 bits per heavy atom. The summed E-state index contributed by atoms with van der Waals surface area (Å²) >= 11 is 1.23. The van der Waals surface area contributed by atoms with E-state index in [9.17, 15) is 9.59 Å². The molecule has 0 atom stereocenters. The monoisotopic (exact) mass is 385 g/mol. The van der Waals surface area contributed by atoms with E-state index < -0.39 is 0 Å². The molecule has 0 saturated carbocycles. The summed E-state index contributed by atoms with van der Waals surface area (Å²) in [5.74, 6) is 1.13. The third kappa shape index (κ3) is 4.79. The number of amides is 1. The van der Waals surface area contributed by atoms with Gasteiger partial charge in [0, 0.05) is 12.3 Å². The molecule has 1 N–H and O–H groups in total. The topological polar surface area (TPSA) is 94.3 Å². The molecule has 140 valence electrons. The molecule has 0 bridgehead atoms. The van der Waals surface area contributed by atoms with Crippen LogP contribution in [-0.2, 0) is 17.8 Å². The molecule has 3 rings (SSSR count). The highest BCUT2D eigenvalue weighted by atomic mass is 32.1. The predicted octanol–water partition coefficient (Wildman–Crippen LogP) is 3.71. The molecule has 0 fully saturated rings. The first-order valence-electron chi connectivity index (χ1n) is 8.32. The number of thiazole rings is 1. The van der Waals surface area contributed by atoms with Crippen molar-refractivity contribution in [2.75, 3.05) is 5.32 Å². The van der Waals surface area contributed by atoms with Crippen molar-refractivity contribution >= 4 is 28.2 Å². The van der Waals surface area contributed by atoms with E-state index >= 15 is 0 Å². The summed E-state index contributed by atoms with van der Waals surface area (Å²) in [4.78, 5) is 27.4. The second kappa shape index (κ2) is 8.13. The summed E-state index contributed by atoms with van der Waals surface area (Å²) in [7, 11) is 0. The third-order valence-electron chi connectivity index (χ3n) is 3.96. The number of ketones is 1. The van der Waals surface area contributed by atoms with Crippen LogP contribution in [-0.4, -0.2) is 21.8 Å². The van der Waals surface area contributed by atoms with Gasteiger partial charge < -0.3 is 14.6 Å². The fourth-order valence-electron chi connectivity index (χ4n) is 2.41. The van der Waals surface area contributed by atoms with E-state index in [0.717, 1.165) is 22.6 Å². The zero-order valence-corrected chi connectivity index (χ0v) is 16.1. The van der Waals surface area contributed by atoms with E-state index in [2.05, 4.69) is 15.5 Å². The normalized spacial score (nSPS) is 10.6. The number of anilines is 1. The molecule has 2 aromatic heterocycles. The van der Waals surface area contributed by atoms with Crippen molar-refractivity contribution in [3.05, 3.63) is 57.9 Å². The first kappa shape index (κ1) is 18.8. The van der Waals surface area contributed by atoms with Crippen LogP contribution >= 0.6 is 11.3 Å². The number of carbonyl (C=O) groups excluding carboxylic acids is 2. The number of carbonyl (C=O) groups is 2. The van der Waals surface area contributed by atoms with Crippen molar-refractivity contribution in [1.29, 1.82) is 0 Å². The van der Waals surface area contributed by atoms with Crippen LogP contribution in [0.15, 0.2) is 34.2 Å². The Labute approximate surface area is 160 Å². The van der Waals surface area contributed by atoms with Crippen molar-refractivity contribution in [2.45, 2.75) is 33.8 Å². The minimum absolute atomic E-state index is 0.126. The van der Waals surface area contributed by atoms with Crippen molar-refractivity contribution < 1.29 is 18.8 Å². The highest BCUT2D eigenvalue weighted by Gasteiger charge is 2.11. The first-order chi connectivity index (χ1) is 12.9. The lowest BCUT2D eigenvalue weighted by Gasteiger charge is -2.07. The lowest BCUT2D eigenvalue weighted by atomic mass is 10.1. The number of nitrogens with one attached hydrogen (secondary N) is 1. The number of aryl methyl sites for hydroxylation is 2.